The Labute approximate surface area is 132 Å². The van der Waals surface area contributed by atoms with E-state index in [-0.39, 0.29) is 10.8 Å². The molecule has 2 aromatic carbocycles. The lowest BCUT2D eigenvalue weighted by Gasteiger charge is -2.30. The maximum Gasteiger partial charge on any atom is 0.242 e. The predicted octanol–water partition coefficient (Wildman–Crippen LogP) is 3.03. The topological polar surface area (TPSA) is 70.9 Å². The largest absolute Gasteiger partial charge is 0.242 e. The van der Waals surface area contributed by atoms with E-state index in [9.17, 15) is 8.42 Å². The number of hydrogen-bond donors (Lipinski definition) is 1. The maximum atomic E-state index is 12.5. The molecule has 0 amide bonds. The van der Waals surface area contributed by atoms with Crippen molar-refractivity contribution in [2.75, 3.05) is 6.54 Å². The van der Waals surface area contributed by atoms with Gasteiger partial charge in [-0.05, 0) is 29.7 Å². The van der Waals surface area contributed by atoms with Crippen LogP contribution < -0.4 is 4.72 Å². The Bertz CT molecular complexity index is 932. The van der Waals surface area contributed by atoms with Gasteiger partial charge in [0.1, 0.15) is 16.3 Å². The molecule has 0 saturated carbocycles. The first-order valence-corrected chi connectivity index (χ1v) is 9.15. The van der Waals surface area contributed by atoms with E-state index in [4.69, 9.17) is 0 Å². The van der Waals surface area contributed by atoms with Gasteiger partial charge in [-0.3, -0.25) is 0 Å². The van der Waals surface area contributed by atoms with Crippen LogP contribution in [0.4, 0.5) is 11.4 Å². The normalized spacial score (nSPS) is 18.3. The fraction of sp³-hybridized carbons (Fsp3) is 0.200. The summed E-state index contributed by atoms with van der Waals surface area (Å²) in [5.41, 5.74) is 3.59. The highest BCUT2D eigenvalue weighted by atomic mass is 32.2. The Balaban J connectivity index is 1.54. The van der Waals surface area contributed by atoms with Gasteiger partial charge < -0.3 is 0 Å². The minimum atomic E-state index is -3.58. The molecule has 1 atom stereocenters. The highest BCUT2D eigenvalue weighted by Crippen LogP contribution is 2.38. The molecule has 1 heterocycles. The van der Waals surface area contributed by atoms with Gasteiger partial charge in [0.05, 0.1) is 11.4 Å². The fourth-order valence-corrected chi connectivity index (χ4v) is 4.68. The summed E-state index contributed by atoms with van der Waals surface area (Å²) in [5, 5.41) is 0. The molecule has 2 aliphatic rings. The van der Waals surface area contributed by atoms with Crippen molar-refractivity contribution in [1.82, 2.24) is 4.72 Å². The van der Waals surface area contributed by atoms with E-state index in [1.807, 2.05) is 12.1 Å². The summed E-state index contributed by atoms with van der Waals surface area (Å²) in [6.07, 6.45) is 0.918. The van der Waals surface area contributed by atoms with Crippen LogP contribution in [-0.4, -0.2) is 15.0 Å². The molecule has 1 aliphatic heterocycles. The lowest BCUT2D eigenvalue weighted by Crippen LogP contribution is -2.33. The highest BCUT2D eigenvalue weighted by Gasteiger charge is 2.28. The first kappa shape index (κ1) is 13.8. The summed E-state index contributed by atoms with van der Waals surface area (Å²) in [7, 11) is -3.58. The average molecular weight is 331 g/mol. The van der Waals surface area contributed by atoms with Gasteiger partial charge in [-0.15, -0.1) is 0 Å². The van der Waals surface area contributed by atoms with Crippen LogP contribution in [0.3, 0.4) is 0 Å². The standard InChI is InChI=1S/C15H13N3O2S2/c19-22(20,14-7-3-6-13-15(14)18-21-17-13)16-9-11-8-10-4-1-2-5-12(10)11/h1-7,11,16H,8-9H2. The summed E-state index contributed by atoms with van der Waals surface area (Å²) in [5.74, 6) is 0.249. The van der Waals surface area contributed by atoms with Gasteiger partial charge in [0.25, 0.3) is 0 Å². The Morgan fingerprint density at radius 3 is 2.86 bits per heavy atom. The Hall–Kier alpha value is -1.83. The van der Waals surface area contributed by atoms with Crippen molar-refractivity contribution in [3.8, 4) is 0 Å². The number of nitrogens with zero attached hydrogens (tertiary/aromatic N) is 2. The van der Waals surface area contributed by atoms with E-state index in [2.05, 4.69) is 25.6 Å². The highest BCUT2D eigenvalue weighted by molar-refractivity contribution is 7.89. The van der Waals surface area contributed by atoms with Crippen molar-refractivity contribution < 1.29 is 8.42 Å². The average Bonchev–Trinajstić information content (AvgIpc) is 2.96. The molecular formula is C15H13N3O2S2. The molecule has 0 aromatic heterocycles. The van der Waals surface area contributed by atoms with Crippen LogP contribution >= 0.6 is 0 Å². The van der Waals surface area contributed by atoms with Crippen molar-refractivity contribution in [1.29, 1.82) is 0 Å². The monoisotopic (exact) mass is 331 g/mol. The summed E-state index contributed by atoms with van der Waals surface area (Å²) < 4.78 is 35.9. The van der Waals surface area contributed by atoms with Gasteiger partial charge in [0, 0.05) is 12.5 Å². The summed E-state index contributed by atoms with van der Waals surface area (Å²) in [6.45, 7) is 0.410. The van der Waals surface area contributed by atoms with Gasteiger partial charge in [-0.25, -0.2) is 13.1 Å². The van der Waals surface area contributed by atoms with E-state index in [0.29, 0.717) is 17.9 Å². The number of sulfonamides is 1. The van der Waals surface area contributed by atoms with Crippen LogP contribution in [0.5, 0.6) is 0 Å². The van der Waals surface area contributed by atoms with Crippen molar-refractivity contribution in [3.05, 3.63) is 53.6 Å². The molecule has 4 rings (SSSR count). The zero-order chi connectivity index (χ0) is 15.2. The van der Waals surface area contributed by atoms with Crippen molar-refractivity contribution >= 4 is 32.8 Å². The summed E-state index contributed by atoms with van der Waals surface area (Å²) in [4.78, 5) is 0.200. The predicted molar refractivity (Wildman–Crippen MR) is 86.1 cm³/mol. The van der Waals surface area contributed by atoms with Crippen LogP contribution in [0.25, 0.3) is 0 Å². The first-order valence-electron chi connectivity index (χ1n) is 6.94. The molecule has 5 nitrogen and oxygen atoms in total. The smallest absolute Gasteiger partial charge is 0.210 e. The van der Waals surface area contributed by atoms with Gasteiger partial charge >= 0.3 is 0 Å². The molecular weight excluding hydrogens is 318 g/mol. The second kappa shape index (κ2) is 5.12. The number of hydrogen-bond acceptors (Lipinski definition) is 4. The molecule has 0 bridgehead atoms. The molecule has 1 aliphatic carbocycles. The van der Waals surface area contributed by atoms with E-state index in [1.54, 1.807) is 18.2 Å². The number of nitrogens with one attached hydrogen (secondary N) is 1. The third-order valence-electron chi connectivity index (χ3n) is 4.02. The van der Waals surface area contributed by atoms with Crippen LogP contribution in [0, 0.1) is 0 Å². The van der Waals surface area contributed by atoms with Crippen molar-refractivity contribution in [2.45, 2.75) is 17.2 Å². The van der Waals surface area contributed by atoms with Crippen LogP contribution in [0.1, 0.15) is 17.0 Å². The van der Waals surface area contributed by atoms with Crippen LogP contribution in [-0.2, 0) is 27.8 Å². The minimum Gasteiger partial charge on any atom is -0.210 e. The summed E-state index contributed by atoms with van der Waals surface area (Å²) in [6, 6.07) is 13.2. The first-order chi connectivity index (χ1) is 10.6. The lowest BCUT2D eigenvalue weighted by molar-refractivity contribution is 0.552. The van der Waals surface area contributed by atoms with E-state index < -0.39 is 10.0 Å². The van der Waals surface area contributed by atoms with E-state index >= 15 is 0 Å². The molecule has 0 saturated heterocycles. The lowest BCUT2D eigenvalue weighted by atomic mass is 9.78. The van der Waals surface area contributed by atoms with Crippen LogP contribution in [0.15, 0.2) is 56.1 Å². The quantitative estimate of drug-likeness (QED) is 0.798. The SMILES string of the molecule is O=S(=O)(NCC1Cc2ccccc21)c1cccc2c1N=S=N2. The van der Waals surface area contributed by atoms with Crippen LogP contribution in [0.2, 0.25) is 0 Å². The molecule has 0 spiro atoms. The Morgan fingerprint density at radius 1 is 1.14 bits per heavy atom. The fourth-order valence-electron chi connectivity index (χ4n) is 2.83. The maximum absolute atomic E-state index is 12.5. The minimum absolute atomic E-state index is 0.200. The van der Waals surface area contributed by atoms with Gasteiger partial charge in [0.2, 0.25) is 10.0 Å². The second-order valence-corrected chi connectivity index (χ2v) is 7.60. The molecule has 7 heteroatoms. The summed E-state index contributed by atoms with van der Waals surface area (Å²) >= 11 is 1.02. The Kier molecular flexibility index (Phi) is 3.21. The van der Waals surface area contributed by atoms with Crippen molar-refractivity contribution in [3.63, 3.8) is 0 Å². The third kappa shape index (κ3) is 2.22. The Morgan fingerprint density at radius 2 is 2.00 bits per heavy atom. The zero-order valence-electron chi connectivity index (χ0n) is 11.6. The molecule has 1 N–H and O–H groups in total. The van der Waals surface area contributed by atoms with E-state index in [0.717, 1.165) is 17.8 Å². The number of benzene rings is 2. The second-order valence-electron chi connectivity index (χ2n) is 5.34. The van der Waals surface area contributed by atoms with Crippen molar-refractivity contribution in [2.24, 2.45) is 8.73 Å². The molecule has 0 radical (unpaired) electrons. The molecule has 1 unspecified atom stereocenters. The zero-order valence-corrected chi connectivity index (χ0v) is 13.2. The molecule has 22 heavy (non-hydrogen) atoms. The molecule has 2 aromatic rings. The molecule has 0 fully saturated rings. The van der Waals surface area contributed by atoms with Gasteiger partial charge in [-0.1, -0.05) is 30.3 Å². The van der Waals surface area contributed by atoms with Gasteiger partial charge in [-0.2, -0.15) is 8.73 Å². The number of fused-ring (bicyclic) bond motifs is 2. The number of rotatable bonds is 4. The van der Waals surface area contributed by atoms with E-state index in [1.165, 1.54) is 11.1 Å². The van der Waals surface area contributed by atoms with Gasteiger partial charge in [0.15, 0.2) is 0 Å². The molecule has 112 valence electrons. The third-order valence-corrected chi connectivity index (χ3v) is 6.02.